The van der Waals surface area contributed by atoms with Gasteiger partial charge in [-0.3, -0.25) is 9.36 Å². The summed E-state index contributed by atoms with van der Waals surface area (Å²) in [7, 11) is 1.92. The molecule has 0 unspecified atom stereocenters. The number of ether oxygens (including phenoxy) is 1. The minimum atomic E-state index is -1.15. The molecule has 0 bridgehead atoms. The smallest absolute Gasteiger partial charge is 0.181 e. The number of ketones is 1. The first kappa shape index (κ1) is 25.9. The molecule has 0 radical (unpaired) electrons. The van der Waals surface area contributed by atoms with Crippen LogP contribution in [-0.4, -0.2) is 83.8 Å². The largest absolute Gasteiger partial charge is 0.444 e. The second kappa shape index (κ2) is 11.4. The highest BCUT2D eigenvalue weighted by Gasteiger charge is 2.44. The highest BCUT2D eigenvalue weighted by molar-refractivity contribution is 5.81. The summed E-state index contributed by atoms with van der Waals surface area (Å²) in [6.45, 7) is 1.14. The molecule has 38 heavy (non-hydrogen) atoms. The number of nitrogen functional groups attached to an aromatic ring is 1. The number of likely N-dealkylation sites (N-methyl/N-ethyl adjacent to an activating group) is 1. The van der Waals surface area contributed by atoms with Crippen LogP contribution in [0.3, 0.4) is 0 Å². The third-order valence-electron chi connectivity index (χ3n) is 6.78. The molecular weight excluding hydrogens is 490 g/mol. The van der Waals surface area contributed by atoms with Crippen molar-refractivity contribution in [3.05, 3.63) is 55.1 Å². The number of oxazole rings is 1. The number of imidazole rings is 1. The number of unbranched alkanes of at least 4 members (excludes halogenated alkanes) is 1. The Morgan fingerprint density at radius 3 is 2.87 bits per heavy atom. The van der Waals surface area contributed by atoms with E-state index >= 15 is 0 Å². The Hall–Kier alpha value is -3.71. The lowest BCUT2D eigenvalue weighted by Gasteiger charge is -2.22. The molecule has 1 fully saturated rings. The summed E-state index contributed by atoms with van der Waals surface area (Å²) in [4.78, 5) is 30.8. The van der Waals surface area contributed by atoms with Crippen molar-refractivity contribution in [2.45, 2.75) is 50.2 Å². The van der Waals surface area contributed by atoms with Gasteiger partial charge in [0, 0.05) is 24.9 Å². The highest BCUT2D eigenvalue weighted by Crippen LogP contribution is 2.32. The molecule has 0 saturated carbocycles. The molecule has 12 nitrogen and oxygen atoms in total. The van der Waals surface area contributed by atoms with Gasteiger partial charge in [0.1, 0.15) is 35.9 Å². The average Bonchev–Trinajstić information content (AvgIpc) is 3.64. The Morgan fingerprint density at radius 2 is 2.05 bits per heavy atom. The van der Waals surface area contributed by atoms with E-state index in [-0.39, 0.29) is 11.6 Å². The van der Waals surface area contributed by atoms with Crippen LogP contribution < -0.4 is 5.73 Å². The number of anilines is 1. The van der Waals surface area contributed by atoms with Crippen molar-refractivity contribution in [2.75, 3.05) is 25.9 Å². The number of fused-ring (bicyclic) bond motifs is 1. The molecule has 0 spiro atoms. The van der Waals surface area contributed by atoms with Crippen LogP contribution in [0.2, 0.25) is 0 Å². The molecule has 0 aliphatic carbocycles. The number of benzene rings is 1. The molecule has 1 aromatic carbocycles. The molecule has 4 atom stereocenters. The lowest BCUT2D eigenvalue weighted by molar-refractivity contribution is -0.118. The van der Waals surface area contributed by atoms with Crippen molar-refractivity contribution in [3.63, 3.8) is 0 Å². The van der Waals surface area contributed by atoms with Gasteiger partial charge in [-0.15, -0.1) is 0 Å². The number of hydrogen-bond acceptors (Lipinski definition) is 11. The predicted molar refractivity (Wildman–Crippen MR) is 138 cm³/mol. The second-order valence-electron chi connectivity index (χ2n) is 9.63. The summed E-state index contributed by atoms with van der Waals surface area (Å²) in [5, 5.41) is 21.3. The molecule has 1 aliphatic rings. The van der Waals surface area contributed by atoms with Crippen LogP contribution in [0.5, 0.6) is 0 Å². The molecular formula is C26H31N7O5. The lowest BCUT2D eigenvalue weighted by atomic mass is 10.0. The van der Waals surface area contributed by atoms with Crippen LogP contribution in [0.15, 0.2) is 53.9 Å². The summed E-state index contributed by atoms with van der Waals surface area (Å²) in [6.07, 6.45) is 4.60. The molecule has 0 amide bonds. The van der Waals surface area contributed by atoms with E-state index in [2.05, 4.69) is 19.9 Å². The lowest BCUT2D eigenvalue weighted by Crippen LogP contribution is -2.38. The maximum atomic E-state index is 12.5. The zero-order chi connectivity index (χ0) is 26.6. The monoisotopic (exact) mass is 521 g/mol. The first-order valence-electron chi connectivity index (χ1n) is 12.5. The zero-order valence-corrected chi connectivity index (χ0v) is 21.1. The van der Waals surface area contributed by atoms with E-state index in [1.807, 2.05) is 36.2 Å². The van der Waals surface area contributed by atoms with E-state index in [0.29, 0.717) is 36.3 Å². The number of carbonyl (C=O) groups is 1. The quantitative estimate of drug-likeness (QED) is 0.245. The van der Waals surface area contributed by atoms with Crippen molar-refractivity contribution in [1.82, 2.24) is 29.4 Å². The van der Waals surface area contributed by atoms with Crippen molar-refractivity contribution < 1.29 is 24.2 Å². The van der Waals surface area contributed by atoms with Crippen LogP contribution in [0.1, 0.15) is 31.1 Å². The normalized spacial score (nSPS) is 21.5. The minimum Gasteiger partial charge on any atom is -0.444 e. The summed E-state index contributed by atoms with van der Waals surface area (Å²) in [5.74, 6) is 1.09. The van der Waals surface area contributed by atoms with Crippen LogP contribution >= 0.6 is 0 Å². The van der Waals surface area contributed by atoms with Crippen LogP contribution in [0.4, 0.5) is 5.82 Å². The molecule has 5 rings (SSSR count). The number of carbonyl (C=O) groups excluding carboxylic acids is 1. The maximum Gasteiger partial charge on any atom is 0.181 e. The van der Waals surface area contributed by atoms with Crippen LogP contribution in [0, 0.1) is 0 Å². The van der Waals surface area contributed by atoms with Gasteiger partial charge in [0.2, 0.25) is 0 Å². The molecule has 12 heteroatoms. The first-order chi connectivity index (χ1) is 18.4. The van der Waals surface area contributed by atoms with Crippen LogP contribution in [-0.2, 0) is 16.0 Å². The van der Waals surface area contributed by atoms with Gasteiger partial charge in [0.15, 0.2) is 29.8 Å². The van der Waals surface area contributed by atoms with E-state index in [4.69, 9.17) is 14.9 Å². The Morgan fingerprint density at radius 1 is 1.18 bits per heavy atom. The van der Waals surface area contributed by atoms with Gasteiger partial charge in [-0.05, 0) is 38.1 Å². The van der Waals surface area contributed by atoms with E-state index in [0.717, 1.165) is 30.5 Å². The molecule has 1 saturated heterocycles. The number of aromatic nitrogens is 5. The van der Waals surface area contributed by atoms with Gasteiger partial charge < -0.3 is 30.0 Å². The standard InChI is InChI=1S/C26H31N7O5/c1-32(8-3-2-7-18(34)10-16-5-4-6-17(9-16)19-11-28-15-37-19)12-20-22(35)23(36)26(38-20)33-14-31-21-24(27)29-13-30-25(21)33/h4-6,9,11,13-15,20,22-23,26,35-36H,2-3,7-8,10,12H2,1H3,(H2,27,29,30)/t20-,22-,23-,26-/m1/s1. The Bertz CT molecular complexity index is 1380. The number of aliphatic hydroxyl groups is 2. The Kier molecular flexibility index (Phi) is 7.74. The van der Waals surface area contributed by atoms with Crippen molar-refractivity contribution in [1.29, 1.82) is 0 Å². The van der Waals surface area contributed by atoms with E-state index < -0.39 is 24.5 Å². The number of nitrogens with zero attached hydrogens (tertiary/aromatic N) is 6. The number of nitrogens with two attached hydrogens (primary N) is 1. The van der Waals surface area contributed by atoms with Crippen LogP contribution in [0.25, 0.3) is 22.5 Å². The fourth-order valence-electron chi connectivity index (χ4n) is 4.78. The Labute approximate surface area is 219 Å². The maximum absolute atomic E-state index is 12.5. The second-order valence-corrected chi connectivity index (χ2v) is 9.63. The fourth-order valence-corrected chi connectivity index (χ4v) is 4.78. The van der Waals surface area contributed by atoms with E-state index in [1.165, 1.54) is 19.0 Å². The zero-order valence-electron chi connectivity index (χ0n) is 21.1. The molecule has 200 valence electrons. The van der Waals surface area contributed by atoms with E-state index in [9.17, 15) is 15.0 Å². The topological polar surface area (TPSA) is 166 Å². The van der Waals surface area contributed by atoms with Gasteiger partial charge >= 0.3 is 0 Å². The molecule has 3 aromatic heterocycles. The Balaban J connectivity index is 1.07. The van der Waals surface area contributed by atoms with Gasteiger partial charge in [0.05, 0.1) is 12.5 Å². The average molecular weight is 522 g/mol. The number of aliphatic hydroxyl groups excluding tert-OH is 2. The third-order valence-corrected chi connectivity index (χ3v) is 6.78. The predicted octanol–water partition coefficient (Wildman–Crippen LogP) is 1.60. The third kappa shape index (κ3) is 5.58. The van der Waals surface area contributed by atoms with Gasteiger partial charge in [-0.2, -0.15) is 0 Å². The highest BCUT2D eigenvalue weighted by atomic mass is 16.6. The van der Waals surface area contributed by atoms with Gasteiger partial charge in [-0.1, -0.05) is 18.2 Å². The van der Waals surface area contributed by atoms with Crippen molar-refractivity contribution >= 4 is 22.8 Å². The molecule has 4 heterocycles. The van der Waals surface area contributed by atoms with Gasteiger partial charge in [-0.25, -0.2) is 19.9 Å². The molecule has 4 N–H and O–H groups in total. The van der Waals surface area contributed by atoms with Crippen molar-refractivity contribution in [2.24, 2.45) is 0 Å². The summed E-state index contributed by atoms with van der Waals surface area (Å²) in [5.41, 5.74) is 8.54. The number of hydrogen-bond donors (Lipinski definition) is 3. The van der Waals surface area contributed by atoms with Gasteiger partial charge in [0.25, 0.3) is 0 Å². The SMILES string of the molecule is CN(CCCCC(=O)Cc1cccc(-c2cnco2)c1)C[C@H]1O[C@@H](n2cnc3c(N)ncnc32)[C@H](O)[C@@H]1O. The van der Waals surface area contributed by atoms with E-state index in [1.54, 1.807) is 10.8 Å². The number of rotatable bonds is 11. The summed E-state index contributed by atoms with van der Waals surface area (Å²) >= 11 is 0. The first-order valence-corrected chi connectivity index (χ1v) is 12.5. The van der Waals surface area contributed by atoms with Crippen molar-refractivity contribution in [3.8, 4) is 11.3 Å². The molecule has 1 aliphatic heterocycles. The summed E-state index contributed by atoms with van der Waals surface area (Å²) in [6, 6.07) is 7.73. The summed E-state index contributed by atoms with van der Waals surface area (Å²) < 4.78 is 12.9. The minimum absolute atomic E-state index is 0.180. The molecule has 4 aromatic rings. The fraction of sp³-hybridized carbons (Fsp3) is 0.423. The number of Topliss-reactive ketones (excluding diaryl/α,β-unsaturated/α-hetero) is 1.